The zero-order chi connectivity index (χ0) is 14.8. The topological polar surface area (TPSA) is 35.2 Å². The van der Waals surface area contributed by atoms with E-state index < -0.39 is 0 Å². The molecule has 2 aromatic rings. The lowest BCUT2D eigenvalue weighted by molar-refractivity contribution is 0.247. The molecule has 1 N–H and O–H groups in total. The molecule has 1 fully saturated rings. The molecule has 0 bridgehead atoms. The smallest absolute Gasteiger partial charge is 0.0925 e. The number of H-pyrrole nitrogens is 1. The van der Waals surface area contributed by atoms with Crippen LogP contribution in [0.4, 0.5) is 5.69 Å². The number of aryl methyl sites for hydroxylation is 3. The third-order valence-electron chi connectivity index (χ3n) is 4.39. The minimum atomic E-state index is 0.954. The average Bonchev–Trinajstić information content (AvgIpc) is 2.88. The van der Waals surface area contributed by atoms with Gasteiger partial charge in [-0.05, 0) is 38.0 Å². The second-order valence-corrected chi connectivity index (χ2v) is 6.03. The summed E-state index contributed by atoms with van der Waals surface area (Å²) in [5, 5.41) is 0. The van der Waals surface area contributed by atoms with Crippen LogP contribution in [0.3, 0.4) is 0 Å². The van der Waals surface area contributed by atoms with Crippen molar-refractivity contribution in [2.75, 3.05) is 31.1 Å². The molecule has 3 rings (SSSR count). The Morgan fingerprint density at radius 2 is 1.86 bits per heavy atom. The molecule has 0 atom stereocenters. The monoisotopic (exact) mass is 284 g/mol. The van der Waals surface area contributed by atoms with Crippen molar-refractivity contribution in [1.29, 1.82) is 0 Å². The second-order valence-electron chi connectivity index (χ2n) is 6.03. The number of nitrogens with zero attached hydrogens (tertiary/aromatic N) is 3. The van der Waals surface area contributed by atoms with Gasteiger partial charge in [0.2, 0.25) is 0 Å². The second kappa shape index (κ2) is 5.90. The molecule has 21 heavy (non-hydrogen) atoms. The molecule has 0 aliphatic carbocycles. The Labute approximate surface area is 126 Å². The van der Waals surface area contributed by atoms with Gasteiger partial charge in [0.25, 0.3) is 0 Å². The number of anilines is 1. The highest BCUT2D eigenvalue weighted by molar-refractivity contribution is 5.55. The molecule has 1 aliphatic rings. The fraction of sp³-hybridized carbons (Fsp3) is 0.471. The Morgan fingerprint density at radius 3 is 2.52 bits per heavy atom. The standard InChI is InChI=1S/C17H24N4/c1-13-4-5-14(2)17(10-13)21-8-6-20(7-9-21)11-16-15(3)18-12-19-16/h4-5,10,12H,6-9,11H2,1-3H3,(H,18,19). The summed E-state index contributed by atoms with van der Waals surface area (Å²) in [6.45, 7) is 11.8. The summed E-state index contributed by atoms with van der Waals surface area (Å²) in [6.07, 6.45) is 1.79. The lowest BCUT2D eigenvalue weighted by Gasteiger charge is -2.36. The van der Waals surface area contributed by atoms with E-state index in [4.69, 9.17) is 0 Å². The normalized spacial score (nSPS) is 16.4. The van der Waals surface area contributed by atoms with Gasteiger partial charge in [-0.3, -0.25) is 4.90 Å². The molecule has 0 unspecified atom stereocenters. The maximum Gasteiger partial charge on any atom is 0.0925 e. The van der Waals surface area contributed by atoms with Crippen molar-refractivity contribution in [1.82, 2.24) is 14.9 Å². The summed E-state index contributed by atoms with van der Waals surface area (Å²) < 4.78 is 0. The summed E-state index contributed by atoms with van der Waals surface area (Å²) in [6, 6.07) is 6.72. The summed E-state index contributed by atoms with van der Waals surface area (Å²) in [7, 11) is 0. The summed E-state index contributed by atoms with van der Waals surface area (Å²) in [5.74, 6) is 0. The van der Waals surface area contributed by atoms with E-state index in [1.165, 1.54) is 28.2 Å². The number of aromatic amines is 1. The Kier molecular flexibility index (Phi) is 3.97. The Balaban J connectivity index is 1.62. The van der Waals surface area contributed by atoms with Crippen LogP contribution in [0, 0.1) is 20.8 Å². The number of imidazole rings is 1. The molecule has 112 valence electrons. The lowest BCUT2D eigenvalue weighted by Crippen LogP contribution is -2.46. The first-order chi connectivity index (χ1) is 10.1. The van der Waals surface area contributed by atoms with Crippen LogP contribution in [0.15, 0.2) is 24.5 Å². The van der Waals surface area contributed by atoms with E-state index in [1.807, 2.05) is 0 Å². The summed E-state index contributed by atoms with van der Waals surface area (Å²) >= 11 is 0. The highest BCUT2D eigenvalue weighted by Gasteiger charge is 2.19. The molecule has 1 saturated heterocycles. The van der Waals surface area contributed by atoms with Crippen molar-refractivity contribution in [2.45, 2.75) is 27.3 Å². The number of aromatic nitrogens is 2. The molecule has 2 heterocycles. The summed E-state index contributed by atoms with van der Waals surface area (Å²) in [5.41, 5.74) is 6.47. The van der Waals surface area contributed by atoms with Gasteiger partial charge in [0, 0.05) is 44.1 Å². The van der Waals surface area contributed by atoms with Gasteiger partial charge in [0.15, 0.2) is 0 Å². The number of rotatable bonds is 3. The van der Waals surface area contributed by atoms with Crippen LogP contribution in [-0.4, -0.2) is 41.0 Å². The predicted molar refractivity (Wildman–Crippen MR) is 86.7 cm³/mol. The van der Waals surface area contributed by atoms with Crippen molar-refractivity contribution in [3.63, 3.8) is 0 Å². The van der Waals surface area contributed by atoms with Crippen LogP contribution in [0.25, 0.3) is 0 Å². The van der Waals surface area contributed by atoms with Gasteiger partial charge < -0.3 is 9.88 Å². The van der Waals surface area contributed by atoms with Crippen LogP contribution in [0.5, 0.6) is 0 Å². The average molecular weight is 284 g/mol. The number of benzene rings is 1. The van der Waals surface area contributed by atoms with Crippen molar-refractivity contribution in [2.24, 2.45) is 0 Å². The minimum absolute atomic E-state index is 0.954. The molecule has 0 radical (unpaired) electrons. The van der Waals surface area contributed by atoms with Crippen molar-refractivity contribution >= 4 is 5.69 Å². The highest BCUT2D eigenvalue weighted by Crippen LogP contribution is 2.23. The minimum Gasteiger partial charge on any atom is -0.369 e. The number of hydrogen-bond donors (Lipinski definition) is 1. The zero-order valence-electron chi connectivity index (χ0n) is 13.2. The zero-order valence-corrected chi connectivity index (χ0v) is 13.2. The first kappa shape index (κ1) is 14.1. The van der Waals surface area contributed by atoms with Gasteiger partial charge in [-0.25, -0.2) is 4.98 Å². The molecule has 1 aromatic carbocycles. The van der Waals surface area contributed by atoms with Gasteiger partial charge in [-0.2, -0.15) is 0 Å². The Morgan fingerprint density at radius 1 is 1.10 bits per heavy atom. The van der Waals surface area contributed by atoms with E-state index in [-0.39, 0.29) is 0 Å². The van der Waals surface area contributed by atoms with Crippen molar-refractivity contribution < 1.29 is 0 Å². The van der Waals surface area contributed by atoms with E-state index >= 15 is 0 Å². The summed E-state index contributed by atoms with van der Waals surface area (Å²) in [4.78, 5) is 12.6. The lowest BCUT2D eigenvalue weighted by atomic mass is 10.1. The fourth-order valence-electron chi connectivity index (χ4n) is 2.97. The quantitative estimate of drug-likeness (QED) is 0.941. The van der Waals surface area contributed by atoms with Crippen LogP contribution >= 0.6 is 0 Å². The van der Waals surface area contributed by atoms with Gasteiger partial charge in [-0.15, -0.1) is 0 Å². The highest BCUT2D eigenvalue weighted by atomic mass is 15.3. The van der Waals surface area contributed by atoms with E-state index in [0.29, 0.717) is 0 Å². The van der Waals surface area contributed by atoms with E-state index in [9.17, 15) is 0 Å². The maximum atomic E-state index is 4.40. The molecule has 0 spiro atoms. The molecule has 1 aromatic heterocycles. The third kappa shape index (κ3) is 3.10. The molecule has 0 amide bonds. The van der Waals surface area contributed by atoms with Crippen molar-refractivity contribution in [3.05, 3.63) is 47.0 Å². The molecule has 1 aliphatic heterocycles. The Bertz CT molecular complexity index is 609. The van der Waals surface area contributed by atoms with Gasteiger partial charge in [0.1, 0.15) is 0 Å². The first-order valence-corrected chi connectivity index (χ1v) is 7.67. The first-order valence-electron chi connectivity index (χ1n) is 7.67. The molecule has 4 heteroatoms. The van der Waals surface area contributed by atoms with Crippen LogP contribution in [0.2, 0.25) is 0 Å². The number of piperazine rings is 1. The number of hydrogen-bond acceptors (Lipinski definition) is 3. The van der Waals surface area contributed by atoms with Gasteiger partial charge in [0.05, 0.1) is 12.0 Å². The van der Waals surface area contributed by atoms with Gasteiger partial charge >= 0.3 is 0 Å². The fourth-order valence-corrected chi connectivity index (χ4v) is 2.97. The third-order valence-corrected chi connectivity index (χ3v) is 4.39. The molecule has 0 saturated carbocycles. The van der Waals surface area contributed by atoms with E-state index in [1.54, 1.807) is 6.33 Å². The van der Waals surface area contributed by atoms with Crippen molar-refractivity contribution in [3.8, 4) is 0 Å². The molecule has 4 nitrogen and oxygen atoms in total. The van der Waals surface area contributed by atoms with E-state index in [2.05, 4.69) is 58.7 Å². The number of nitrogens with one attached hydrogen (secondary N) is 1. The SMILES string of the molecule is Cc1ccc(C)c(N2CCN(Cc3nc[nH]c3C)CC2)c1. The molecular weight excluding hydrogens is 260 g/mol. The van der Waals surface area contributed by atoms with E-state index in [0.717, 1.165) is 32.7 Å². The van der Waals surface area contributed by atoms with Crippen LogP contribution in [0.1, 0.15) is 22.5 Å². The largest absolute Gasteiger partial charge is 0.369 e. The van der Waals surface area contributed by atoms with Crippen LogP contribution in [-0.2, 0) is 6.54 Å². The predicted octanol–water partition coefficient (Wildman–Crippen LogP) is 2.66. The maximum absolute atomic E-state index is 4.40. The van der Waals surface area contributed by atoms with Gasteiger partial charge in [-0.1, -0.05) is 12.1 Å². The Hall–Kier alpha value is -1.81. The van der Waals surface area contributed by atoms with Crippen LogP contribution < -0.4 is 4.90 Å². The molecular formula is C17H24N4.